The third-order valence-electron chi connectivity index (χ3n) is 1.78. The molecule has 0 spiro atoms. The van der Waals surface area contributed by atoms with Crippen LogP contribution in [0.5, 0.6) is 5.88 Å². The van der Waals surface area contributed by atoms with Gasteiger partial charge in [-0.05, 0) is 5.56 Å². The van der Waals surface area contributed by atoms with Crippen molar-refractivity contribution in [1.29, 1.82) is 5.26 Å². The number of nitriles is 1. The molecule has 0 bridgehead atoms. The molecule has 0 aliphatic carbocycles. The van der Waals surface area contributed by atoms with Crippen LogP contribution < -0.4 is 4.74 Å². The molecular weight excluding hydrogens is 283 g/mol. The Morgan fingerprint density at radius 1 is 1.44 bits per heavy atom. The van der Waals surface area contributed by atoms with Crippen LogP contribution in [0, 0.1) is 11.3 Å². The van der Waals surface area contributed by atoms with E-state index in [9.17, 15) is 22.0 Å². The summed E-state index contributed by atoms with van der Waals surface area (Å²) < 4.78 is 64.4. The van der Waals surface area contributed by atoms with Crippen LogP contribution in [0.4, 0.5) is 22.0 Å². The average molecular weight is 287 g/mol. The highest BCUT2D eigenvalue weighted by atomic mass is 35.5. The van der Waals surface area contributed by atoms with Gasteiger partial charge in [-0.1, -0.05) is 11.6 Å². The number of hydrogen-bond donors (Lipinski definition) is 0. The zero-order valence-electron chi connectivity index (χ0n) is 8.43. The van der Waals surface area contributed by atoms with Crippen molar-refractivity contribution in [2.75, 3.05) is 0 Å². The van der Waals surface area contributed by atoms with Crippen molar-refractivity contribution in [2.24, 2.45) is 0 Å². The van der Waals surface area contributed by atoms with E-state index in [-0.39, 0.29) is 5.56 Å². The lowest BCUT2D eigenvalue weighted by molar-refractivity contribution is -0.276. The highest BCUT2D eigenvalue weighted by molar-refractivity contribution is 6.30. The summed E-state index contributed by atoms with van der Waals surface area (Å²) in [5, 5.41) is 7.60. The Morgan fingerprint density at radius 2 is 2.06 bits per heavy atom. The fraction of sp³-hybridized carbons (Fsp3) is 0.333. The molecule has 0 unspecified atom stereocenters. The number of hydrogen-bond acceptors (Lipinski definition) is 3. The van der Waals surface area contributed by atoms with Crippen LogP contribution in [0.2, 0.25) is 5.15 Å². The molecule has 0 aliphatic rings. The van der Waals surface area contributed by atoms with Crippen LogP contribution in [-0.4, -0.2) is 11.3 Å². The molecule has 1 rings (SSSR count). The Balaban J connectivity index is 3.24. The predicted octanol–water partition coefficient (Wildman–Crippen LogP) is 3.64. The monoisotopic (exact) mass is 286 g/mol. The second kappa shape index (κ2) is 5.35. The quantitative estimate of drug-likeness (QED) is 0.629. The SMILES string of the molecule is N#CCc1cc(OC(F)(F)F)nc(Cl)c1C(F)F. The van der Waals surface area contributed by atoms with E-state index in [1.54, 1.807) is 0 Å². The minimum absolute atomic E-state index is 0.355. The van der Waals surface area contributed by atoms with E-state index in [0.29, 0.717) is 6.07 Å². The number of pyridine rings is 1. The number of ether oxygens (including phenoxy) is 1. The number of rotatable bonds is 3. The van der Waals surface area contributed by atoms with Gasteiger partial charge in [0.25, 0.3) is 6.43 Å². The third kappa shape index (κ3) is 3.70. The number of aromatic nitrogens is 1. The molecule has 1 aromatic rings. The first-order valence-corrected chi connectivity index (χ1v) is 4.72. The smallest absolute Gasteiger partial charge is 0.388 e. The Morgan fingerprint density at radius 3 is 2.50 bits per heavy atom. The Bertz CT molecular complexity index is 483. The normalized spacial score (nSPS) is 11.4. The Hall–Kier alpha value is -1.62. The van der Waals surface area contributed by atoms with Gasteiger partial charge in [0.2, 0.25) is 5.88 Å². The fourth-order valence-corrected chi connectivity index (χ4v) is 1.47. The highest BCUT2D eigenvalue weighted by Crippen LogP contribution is 2.33. The summed E-state index contributed by atoms with van der Waals surface area (Å²) in [6, 6.07) is 2.16. The molecule has 0 atom stereocenters. The van der Waals surface area contributed by atoms with E-state index >= 15 is 0 Å². The topological polar surface area (TPSA) is 45.9 Å². The van der Waals surface area contributed by atoms with Crippen molar-refractivity contribution in [2.45, 2.75) is 19.2 Å². The molecule has 18 heavy (non-hydrogen) atoms. The molecule has 9 heteroatoms. The lowest BCUT2D eigenvalue weighted by Gasteiger charge is -2.12. The van der Waals surface area contributed by atoms with Crippen molar-refractivity contribution < 1.29 is 26.7 Å². The maximum Gasteiger partial charge on any atom is 0.574 e. The van der Waals surface area contributed by atoms with Crippen LogP contribution >= 0.6 is 11.6 Å². The second-order valence-electron chi connectivity index (χ2n) is 3.01. The molecule has 0 saturated carbocycles. The molecule has 0 N–H and O–H groups in total. The van der Waals surface area contributed by atoms with E-state index in [1.165, 1.54) is 6.07 Å². The van der Waals surface area contributed by atoms with E-state index in [0.717, 1.165) is 0 Å². The molecule has 98 valence electrons. The van der Waals surface area contributed by atoms with Gasteiger partial charge in [-0.15, -0.1) is 13.2 Å². The van der Waals surface area contributed by atoms with Gasteiger partial charge in [0.1, 0.15) is 5.15 Å². The minimum Gasteiger partial charge on any atom is -0.388 e. The number of alkyl halides is 5. The first-order valence-electron chi connectivity index (χ1n) is 4.34. The van der Waals surface area contributed by atoms with Crippen molar-refractivity contribution in [3.05, 3.63) is 22.3 Å². The molecule has 1 heterocycles. The summed E-state index contributed by atoms with van der Waals surface area (Å²) in [6.45, 7) is 0. The predicted molar refractivity (Wildman–Crippen MR) is 50.2 cm³/mol. The second-order valence-corrected chi connectivity index (χ2v) is 3.37. The standard InChI is InChI=1S/C9H4ClF5N2O/c10-7-6(8(11)12)4(1-2-16)3-5(17-7)18-9(13,14)15/h3,8H,1H2. The molecule has 0 saturated heterocycles. The van der Waals surface area contributed by atoms with Gasteiger partial charge in [-0.2, -0.15) is 5.26 Å². The summed E-state index contributed by atoms with van der Waals surface area (Å²) in [7, 11) is 0. The first-order chi connectivity index (χ1) is 8.24. The van der Waals surface area contributed by atoms with Crippen molar-refractivity contribution >= 4 is 11.6 Å². The van der Waals surface area contributed by atoms with Crippen molar-refractivity contribution in [1.82, 2.24) is 4.98 Å². The van der Waals surface area contributed by atoms with Gasteiger partial charge in [0, 0.05) is 6.07 Å². The zero-order valence-corrected chi connectivity index (χ0v) is 9.19. The molecule has 0 amide bonds. The van der Waals surface area contributed by atoms with Gasteiger partial charge in [-0.3, -0.25) is 0 Å². The van der Waals surface area contributed by atoms with Crippen LogP contribution in [0.1, 0.15) is 17.6 Å². The van der Waals surface area contributed by atoms with E-state index < -0.39 is 35.8 Å². The molecular formula is C9H4ClF5N2O. The van der Waals surface area contributed by atoms with Crippen molar-refractivity contribution in [3.63, 3.8) is 0 Å². The summed E-state index contributed by atoms with van der Waals surface area (Å²) in [6.07, 6.45) is -8.60. The summed E-state index contributed by atoms with van der Waals surface area (Å²) in [5.74, 6) is -0.984. The van der Waals surface area contributed by atoms with Crippen LogP contribution in [0.3, 0.4) is 0 Å². The summed E-state index contributed by atoms with van der Waals surface area (Å²) in [4.78, 5) is 3.06. The lowest BCUT2D eigenvalue weighted by atomic mass is 10.1. The summed E-state index contributed by atoms with van der Waals surface area (Å²) >= 11 is 5.35. The Kier molecular flexibility index (Phi) is 4.29. The maximum absolute atomic E-state index is 12.6. The zero-order chi connectivity index (χ0) is 13.9. The van der Waals surface area contributed by atoms with Gasteiger partial charge in [0.15, 0.2) is 0 Å². The lowest BCUT2D eigenvalue weighted by Crippen LogP contribution is -2.18. The van der Waals surface area contributed by atoms with E-state index in [2.05, 4.69) is 9.72 Å². The van der Waals surface area contributed by atoms with Gasteiger partial charge >= 0.3 is 6.36 Å². The maximum atomic E-state index is 12.6. The summed E-state index contributed by atoms with van der Waals surface area (Å²) in [5.41, 5.74) is -1.13. The van der Waals surface area contributed by atoms with Gasteiger partial charge < -0.3 is 4.74 Å². The molecule has 0 radical (unpaired) electrons. The van der Waals surface area contributed by atoms with E-state index in [1.807, 2.05) is 0 Å². The molecule has 3 nitrogen and oxygen atoms in total. The number of halogens is 6. The Labute approximate surface area is 103 Å². The molecule has 0 aliphatic heterocycles. The fourth-order valence-electron chi connectivity index (χ4n) is 1.18. The van der Waals surface area contributed by atoms with Gasteiger partial charge in [0.05, 0.1) is 18.1 Å². The van der Waals surface area contributed by atoms with Crippen LogP contribution in [0.15, 0.2) is 6.07 Å². The first kappa shape index (κ1) is 14.4. The van der Waals surface area contributed by atoms with Gasteiger partial charge in [-0.25, -0.2) is 13.8 Å². The average Bonchev–Trinajstić information content (AvgIpc) is 2.13. The molecule has 1 aromatic heterocycles. The molecule has 0 fully saturated rings. The highest BCUT2D eigenvalue weighted by Gasteiger charge is 2.33. The van der Waals surface area contributed by atoms with Crippen molar-refractivity contribution in [3.8, 4) is 11.9 Å². The van der Waals surface area contributed by atoms with Crippen LogP contribution in [0.25, 0.3) is 0 Å². The van der Waals surface area contributed by atoms with E-state index in [4.69, 9.17) is 16.9 Å². The number of nitrogens with zero attached hydrogens (tertiary/aromatic N) is 2. The minimum atomic E-state index is -5.02. The van der Waals surface area contributed by atoms with Crippen LogP contribution in [-0.2, 0) is 6.42 Å². The molecule has 0 aromatic carbocycles. The third-order valence-corrected chi connectivity index (χ3v) is 2.07. The largest absolute Gasteiger partial charge is 0.574 e.